The molecule has 27 heavy (non-hydrogen) atoms. The lowest BCUT2D eigenvalue weighted by Gasteiger charge is -2.35. The molecule has 2 aliphatic rings. The maximum absolute atomic E-state index is 12.7. The van der Waals surface area contributed by atoms with Crippen LogP contribution in [0.15, 0.2) is 18.2 Å². The number of rotatable bonds is 4. The number of hydrogen-bond donors (Lipinski definition) is 1. The average Bonchev–Trinajstić information content (AvgIpc) is 3.00. The van der Waals surface area contributed by atoms with Crippen molar-refractivity contribution in [3.63, 3.8) is 0 Å². The summed E-state index contributed by atoms with van der Waals surface area (Å²) in [4.78, 5) is 30.8. The Morgan fingerprint density at radius 2 is 1.89 bits per heavy atom. The van der Waals surface area contributed by atoms with Gasteiger partial charge in [-0.2, -0.15) is 5.26 Å². The van der Waals surface area contributed by atoms with Gasteiger partial charge < -0.3 is 15.1 Å². The van der Waals surface area contributed by atoms with E-state index in [0.717, 1.165) is 44.6 Å². The molecule has 3 rings (SSSR count). The van der Waals surface area contributed by atoms with Gasteiger partial charge in [0.15, 0.2) is 0 Å². The van der Waals surface area contributed by atoms with Gasteiger partial charge >= 0.3 is 0 Å². The Bertz CT molecular complexity index is 762. The summed E-state index contributed by atoms with van der Waals surface area (Å²) in [5, 5.41) is 12.3. The molecule has 2 saturated heterocycles. The minimum absolute atomic E-state index is 0.00149. The van der Waals surface area contributed by atoms with Gasteiger partial charge in [0.1, 0.15) is 0 Å². The van der Waals surface area contributed by atoms with Crippen LogP contribution < -0.4 is 10.2 Å². The molecule has 0 radical (unpaired) electrons. The second kappa shape index (κ2) is 7.97. The topological polar surface area (TPSA) is 79.7 Å². The van der Waals surface area contributed by atoms with Crippen LogP contribution in [0, 0.1) is 11.3 Å². The minimum atomic E-state index is -0.148. The molecule has 7 nitrogen and oxygen atoms in total. The fraction of sp³-hybridized carbons (Fsp3) is 0.550. The molecule has 144 valence electrons. The molecule has 2 heterocycles. The summed E-state index contributed by atoms with van der Waals surface area (Å²) < 4.78 is 0. The Morgan fingerprint density at radius 3 is 2.44 bits per heavy atom. The zero-order valence-corrected chi connectivity index (χ0v) is 16.2. The number of nitrogens with one attached hydrogen (secondary N) is 1. The van der Waals surface area contributed by atoms with Gasteiger partial charge in [-0.15, -0.1) is 0 Å². The summed E-state index contributed by atoms with van der Waals surface area (Å²) in [6, 6.07) is 7.41. The maximum atomic E-state index is 12.7. The van der Waals surface area contributed by atoms with Crippen molar-refractivity contribution in [3.8, 4) is 6.07 Å². The van der Waals surface area contributed by atoms with Crippen LogP contribution >= 0.6 is 0 Å². The largest absolute Gasteiger partial charge is 0.378 e. The predicted molar refractivity (Wildman–Crippen MR) is 104 cm³/mol. The van der Waals surface area contributed by atoms with Crippen molar-refractivity contribution in [2.45, 2.75) is 31.3 Å². The van der Waals surface area contributed by atoms with Crippen molar-refractivity contribution in [1.82, 2.24) is 15.1 Å². The first kappa shape index (κ1) is 19.2. The first-order chi connectivity index (χ1) is 12.9. The fourth-order valence-electron chi connectivity index (χ4n) is 3.83. The highest BCUT2D eigenvalue weighted by atomic mass is 16.2. The van der Waals surface area contributed by atoms with Crippen LogP contribution in [0.5, 0.6) is 0 Å². The third-order valence-corrected chi connectivity index (χ3v) is 5.53. The van der Waals surface area contributed by atoms with E-state index in [1.54, 1.807) is 23.1 Å². The molecule has 1 N–H and O–H groups in total. The lowest BCUT2D eigenvalue weighted by Crippen LogP contribution is -2.50. The molecule has 0 spiro atoms. The quantitative estimate of drug-likeness (QED) is 0.858. The summed E-state index contributed by atoms with van der Waals surface area (Å²) in [5.74, 6) is 0.0624. The molecule has 2 fully saturated rings. The predicted octanol–water partition coefficient (Wildman–Crippen LogP) is 1.05. The third-order valence-electron chi connectivity index (χ3n) is 5.53. The number of benzene rings is 1. The first-order valence-corrected chi connectivity index (χ1v) is 9.41. The summed E-state index contributed by atoms with van der Waals surface area (Å²) in [7, 11) is 5.62. The van der Waals surface area contributed by atoms with Gasteiger partial charge in [-0.3, -0.25) is 14.5 Å². The normalized spacial score (nSPS) is 21.2. The highest BCUT2D eigenvalue weighted by molar-refractivity contribution is 5.95. The number of likely N-dealkylation sites (tertiary alicyclic amines) is 2. The Kier molecular flexibility index (Phi) is 5.66. The number of carbonyl (C=O) groups excluding carboxylic acids is 2. The van der Waals surface area contributed by atoms with Crippen molar-refractivity contribution >= 4 is 17.5 Å². The molecule has 0 saturated carbocycles. The lowest BCUT2D eigenvalue weighted by atomic mass is 10.0. The zero-order valence-electron chi connectivity index (χ0n) is 16.2. The smallest absolute Gasteiger partial charge is 0.251 e. The van der Waals surface area contributed by atoms with Gasteiger partial charge in [-0.1, -0.05) is 0 Å². The van der Waals surface area contributed by atoms with E-state index in [2.05, 4.69) is 16.3 Å². The first-order valence-electron chi connectivity index (χ1n) is 9.41. The molecule has 2 amide bonds. The van der Waals surface area contributed by atoms with Crippen molar-refractivity contribution in [3.05, 3.63) is 29.3 Å². The second-order valence-electron chi connectivity index (χ2n) is 7.62. The van der Waals surface area contributed by atoms with Gasteiger partial charge in [0.05, 0.1) is 17.7 Å². The Hall–Kier alpha value is -2.59. The van der Waals surface area contributed by atoms with Gasteiger partial charge in [0.25, 0.3) is 5.91 Å². The number of piperidine rings is 1. The molecule has 1 aromatic rings. The van der Waals surface area contributed by atoms with Crippen molar-refractivity contribution in [2.24, 2.45) is 0 Å². The molecule has 0 aliphatic carbocycles. The van der Waals surface area contributed by atoms with Gasteiger partial charge in [0, 0.05) is 58.1 Å². The fourth-order valence-corrected chi connectivity index (χ4v) is 3.83. The number of nitriles is 1. The van der Waals surface area contributed by atoms with E-state index in [1.165, 1.54) is 0 Å². The van der Waals surface area contributed by atoms with Crippen LogP contribution in [0.4, 0.5) is 5.69 Å². The Balaban J connectivity index is 1.59. The number of likely N-dealkylation sites (N-methyl/N-ethyl adjacent to an activating group) is 1. The van der Waals surface area contributed by atoms with Gasteiger partial charge in [-0.25, -0.2) is 0 Å². The second-order valence-corrected chi connectivity index (χ2v) is 7.62. The van der Waals surface area contributed by atoms with E-state index in [-0.39, 0.29) is 23.9 Å². The average molecular weight is 369 g/mol. The summed E-state index contributed by atoms with van der Waals surface area (Å²) in [5.41, 5.74) is 1.82. The molecule has 0 bridgehead atoms. The molecule has 0 unspecified atom stereocenters. The van der Waals surface area contributed by atoms with Crippen LogP contribution in [-0.4, -0.2) is 74.5 Å². The molecule has 1 atom stereocenters. The SMILES string of the molecule is CN1CC[C@@H](N2CCC(NC(=O)c3cc(C#N)cc(N(C)C)c3)CC2)C1=O. The van der Waals surface area contributed by atoms with Crippen LogP contribution in [0.1, 0.15) is 35.2 Å². The molecular formula is C20H27N5O2. The molecule has 2 aliphatic heterocycles. The van der Waals surface area contributed by atoms with E-state index >= 15 is 0 Å². The summed E-state index contributed by atoms with van der Waals surface area (Å²) in [6.07, 6.45) is 2.55. The number of hydrogen-bond acceptors (Lipinski definition) is 5. The van der Waals surface area contributed by atoms with Crippen LogP contribution in [-0.2, 0) is 4.79 Å². The van der Waals surface area contributed by atoms with Crippen molar-refractivity contribution in [1.29, 1.82) is 5.26 Å². The third kappa shape index (κ3) is 4.22. The number of nitrogens with zero attached hydrogens (tertiary/aromatic N) is 4. The van der Waals surface area contributed by atoms with E-state index in [1.807, 2.05) is 26.0 Å². The van der Waals surface area contributed by atoms with Gasteiger partial charge in [-0.05, 0) is 37.5 Å². The van der Waals surface area contributed by atoms with Crippen LogP contribution in [0.2, 0.25) is 0 Å². The lowest BCUT2D eigenvalue weighted by molar-refractivity contribution is -0.131. The summed E-state index contributed by atoms with van der Waals surface area (Å²) in [6.45, 7) is 2.45. The minimum Gasteiger partial charge on any atom is -0.378 e. The van der Waals surface area contributed by atoms with E-state index in [4.69, 9.17) is 0 Å². The Labute approximate surface area is 160 Å². The molecular weight excluding hydrogens is 342 g/mol. The highest BCUT2D eigenvalue weighted by Crippen LogP contribution is 2.22. The molecule has 0 aromatic heterocycles. The maximum Gasteiger partial charge on any atom is 0.251 e. The van der Waals surface area contributed by atoms with Gasteiger partial charge in [0.2, 0.25) is 5.91 Å². The van der Waals surface area contributed by atoms with Crippen LogP contribution in [0.25, 0.3) is 0 Å². The van der Waals surface area contributed by atoms with Crippen molar-refractivity contribution in [2.75, 3.05) is 45.7 Å². The van der Waals surface area contributed by atoms with E-state index in [0.29, 0.717) is 11.1 Å². The molecule has 7 heteroatoms. The van der Waals surface area contributed by atoms with E-state index in [9.17, 15) is 14.9 Å². The number of anilines is 1. The summed E-state index contributed by atoms with van der Waals surface area (Å²) >= 11 is 0. The monoisotopic (exact) mass is 369 g/mol. The van der Waals surface area contributed by atoms with Crippen molar-refractivity contribution < 1.29 is 9.59 Å². The van der Waals surface area contributed by atoms with E-state index < -0.39 is 0 Å². The molecule has 1 aromatic carbocycles. The zero-order chi connectivity index (χ0) is 19.6. The number of carbonyl (C=O) groups is 2. The number of amides is 2. The Morgan fingerprint density at radius 1 is 1.19 bits per heavy atom. The standard InChI is InChI=1S/C20H27N5O2/c1-23(2)17-11-14(13-21)10-15(12-17)19(26)22-16-4-8-25(9-5-16)18-6-7-24(3)20(18)27/h10-12,16,18H,4-9H2,1-3H3,(H,22,26)/t18-/m1/s1. The van der Waals surface area contributed by atoms with Crippen LogP contribution in [0.3, 0.4) is 0 Å². The highest BCUT2D eigenvalue weighted by Gasteiger charge is 2.35.